The van der Waals surface area contributed by atoms with Crippen molar-refractivity contribution in [2.45, 2.75) is 19.8 Å². The summed E-state index contributed by atoms with van der Waals surface area (Å²) in [6.07, 6.45) is 4.69. The van der Waals surface area contributed by atoms with Crippen LogP contribution in [0.15, 0.2) is 24.7 Å². The van der Waals surface area contributed by atoms with E-state index in [9.17, 15) is 4.79 Å². The third kappa shape index (κ3) is 4.04. The largest absolute Gasteiger partial charge is 0.384 e. The molecular weight excluding hydrogens is 256 g/mol. The first-order valence-corrected chi connectivity index (χ1v) is 6.62. The molecule has 0 aliphatic carbocycles. The molecule has 7 nitrogen and oxygen atoms in total. The number of hydrogen-bond acceptors (Lipinski definition) is 5. The molecule has 106 valence electrons. The van der Waals surface area contributed by atoms with Crippen LogP contribution in [0.1, 0.15) is 29.7 Å². The quantitative estimate of drug-likeness (QED) is 0.654. The van der Waals surface area contributed by atoms with Crippen molar-refractivity contribution in [1.82, 2.24) is 25.5 Å². The van der Waals surface area contributed by atoms with Gasteiger partial charge in [0.2, 0.25) is 0 Å². The van der Waals surface area contributed by atoms with Gasteiger partial charge in [-0.2, -0.15) is 5.10 Å². The van der Waals surface area contributed by atoms with Crippen LogP contribution in [0.5, 0.6) is 0 Å². The minimum atomic E-state index is -0.161. The topological polar surface area (TPSA) is 95.6 Å². The zero-order chi connectivity index (χ0) is 14.2. The maximum absolute atomic E-state index is 11.8. The van der Waals surface area contributed by atoms with E-state index in [1.165, 1.54) is 6.33 Å². The van der Waals surface area contributed by atoms with E-state index in [2.05, 4.69) is 30.8 Å². The number of nitrogens with zero attached hydrogens (tertiary/aromatic N) is 3. The van der Waals surface area contributed by atoms with Gasteiger partial charge in [-0.05, 0) is 25.5 Å². The highest BCUT2D eigenvalue weighted by Gasteiger charge is 2.06. The lowest BCUT2D eigenvalue weighted by Gasteiger charge is -2.05. The van der Waals surface area contributed by atoms with Crippen molar-refractivity contribution in [3.8, 4) is 0 Å². The van der Waals surface area contributed by atoms with Crippen molar-refractivity contribution in [2.24, 2.45) is 0 Å². The first-order chi connectivity index (χ1) is 9.79. The third-order valence-corrected chi connectivity index (χ3v) is 2.72. The lowest BCUT2D eigenvalue weighted by Crippen LogP contribution is -2.25. The summed E-state index contributed by atoms with van der Waals surface area (Å²) >= 11 is 0. The van der Waals surface area contributed by atoms with Crippen molar-refractivity contribution in [3.63, 3.8) is 0 Å². The zero-order valence-corrected chi connectivity index (χ0v) is 11.4. The summed E-state index contributed by atoms with van der Waals surface area (Å²) in [7, 11) is 0. The molecule has 0 radical (unpaired) electrons. The van der Waals surface area contributed by atoms with E-state index >= 15 is 0 Å². The number of pyridine rings is 1. The van der Waals surface area contributed by atoms with Crippen LogP contribution in [-0.2, 0) is 6.42 Å². The first kappa shape index (κ1) is 14.0. The van der Waals surface area contributed by atoms with Crippen molar-refractivity contribution in [2.75, 3.05) is 18.4 Å². The van der Waals surface area contributed by atoms with E-state index in [-0.39, 0.29) is 5.91 Å². The Morgan fingerprint density at radius 2 is 2.25 bits per heavy atom. The van der Waals surface area contributed by atoms with Gasteiger partial charge in [0.05, 0.1) is 11.9 Å². The van der Waals surface area contributed by atoms with Crippen LogP contribution in [0, 0.1) is 0 Å². The number of H-pyrrole nitrogens is 1. The molecule has 0 spiro atoms. The molecule has 0 atom stereocenters. The fourth-order valence-corrected chi connectivity index (χ4v) is 1.74. The average molecular weight is 274 g/mol. The number of hydrogen-bond donors (Lipinski definition) is 3. The standard InChI is InChI=1S/C13H18N6O/c1-2-14-10-5-6-11(16-8-10)13(20)15-7-3-4-12-17-9-18-19-12/h5-6,8-9,14H,2-4,7H2,1H3,(H,15,20)(H,17,18,19). The Morgan fingerprint density at radius 1 is 1.35 bits per heavy atom. The number of nitrogens with one attached hydrogen (secondary N) is 3. The summed E-state index contributed by atoms with van der Waals surface area (Å²) in [5.74, 6) is 0.665. The monoisotopic (exact) mass is 274 g/mol. The van der Waals surface area contributed by atoms with Crippen molar-refractivity contribution >= 4 is 11.6 Å². The molecule has 1 amide bonds. The number of rotatable bonds is 7. The number of aryl methyl sites for hydroxylation is 1. The second-order valence-electron chi connectivity index (χ2n) is 4.25. The minimum absolute atomic E-state index is 0.161. The molecule has 3 N–H and O–H groups in total. The van der Waals surface area contributed by atoms with Crippen LogP contribution in [0.25, 0.3) is 0 Å². The smallest absolute Gasteiger partial charge is 0.269 e. The van der Waals surface area contributed by atoms with Gasteiger partial charge >= 0.3 is 0 Å². The summed E-state index contributed by atoms with van der Waals surface area (Å²) in [4.78, 5) is 20.0. The van der Waals surface area contributed by atoms with Crippen molar-refractivity contribution in [3.05, 3.63) is 36.2 Å². The molecule has 0 saturated heterocycles. The van der Waals surface area contributed by atoms with E-state index < -0.39 is 0 Å². The average Bonchev–Trinajstić information content (AvgIpc) is 2.98. The number of aromatic nitrogens is 4. The first-order valence-electron chi connectivity index (χ1n) is 6.62. The molecule has 0 unspecified atom stereocenters. The SMILES string of the molecule is CCNc1ccc(C(=O)NCCCc2ncn[nH]2)nc1. The number of carbonyl (C=O) groups excluding carboxylic acids is 1. The highest BCUT2D eigenvalue weighted by Crippen LogP contribution is 2.05. The van der Waals surface area contributed by atoms with Crippen LogP contribution in [0.4, 0.5) is 5.69 Å². The molecule has 0 aliphatic heterocycles. The van der Waals surface area contributed by atoms with Crippen LogP contribution < -0.4 is 10.6 Å². The van der Waals surface area contributed by atoms with Gasteiger partial charge in [0.1, 0.15) is 17.8 Å². The molecule has 7 heteroatoms. The molecule has 2 rings (SSSR count). The molecule has 0 bridgehead atoms. The van der Waals surface area contributed by atoms with Crippen molar-refractivity contribution in [1.29, 1.82) is 0 Å². The molecule has 20 heavy (non-hydrogen) atoms. The molecule has 2 aromatic rings. The van der Waals surface area contributed by atoms with E-state index in [0.717, 1.165) is 30.9 Å². The van der Waals surface area contributed by atoms with Crippen molar-refractivity contribution < 1.29 is 4.79 Å². The Hall–Kier alpha value is -2.44. The Morgan fingerprint density at radius 3 is 2.90 bits per heavy atom. The summed E-state index contributed by atoms with van der Waals surface area (Å²) in [5, 5.41) is 12.5. The van der Waals surface area contributed by atoms with Gasteiger partial charge < -0.3 is 10.6 Å². The van der Waals surface area contributed by atoms with E-state index in [1.54, 1.807) is 12.3 Å². The number of amides is 1. The molecule has 0 fully saturated rings. The highest BCUT2D eigenvalue weighted by molar-refractivity contribution is 5.92. The Balaban J connectivity index is 1.73. The Bertz CT molecular complexity index is 522. The third-order valence-electron chi connectivity index (χ3n) is 2.72. The molecular formula is C13H18N6O. The number of carbonyl (C=O) groups is 1. The summed E-state index contributed by atoms with van der Waals surface area (Å²) in [5.41, 5.74) is 1.33. The lowest BCUT2D eigenvalue weighted by molar-refractivity contribution is 0.0948. The van der Waals surface area contributed by atoms with Gasteiger partial charge in [0.15, 0.2) is 0 Å². The number of anilines is 1. The minimum Gasteiger partial charge on any atom is -0.384 e. The predicted octanol–water partition coefficient (Wildman–Crippen LogP) is 0.994. The second kappa shape index (κ2) is 7.22. The van der Waals surface area contributed by atoms with Crippen LogP contribution >= 0.6 is 0 Å². The maximum Gasteiger partial charge on any atom is 0.269 e. The van der Waals surface area contributed by atoms with Gasteiger partial charge in [-0.3, -0.25) is 9.89 Å². The van der Waals surface area contributed by atoms with Crippen LogP contribution in [0.2, 0.25) is 0 Å². The van der Waals surface area contributed by atoms with Gasteiger partial charge in [0.25, 0.3) is 5.91 Å². The van der Waals surface area contributed by atoms with Crippen LogP contribution in [-0.4, -0.2) is 39.2 Å². The van der Waals surface area contributed by atoms with E-state index in [0.29, 0.717) is 12.2 Å². The summed E-state index contributed by atoms with van der Waals surface area (Å²) in [6.45, 7) is 3.42. The maximum atomic E-state index is 11.8. The molecule has 2 aromatic heterocycles. The Labute approximate surface area is 117 Å². The van der Waals surface area contributed by atoms with Gasteiger partial charge in [0, 0.05) is 19.5 Å². The predicted molar refractivity (Wildman–Crippen MR) is 75.4 cm³/mol. The molecule has 2 heterocycles. The van der Waals surface area contributed by atoms with E-state index in [4.69, 9.17) is 0 Å². The number of aromatic amines is 1. The van der Waals surface area contributed by atoms with Gasteiger partial charge in [-0.25, -0.2) is 9.97 Å². The van der Waals surface area contributed by atoms with Gasteiger partial charge in [-0.1, -0.05) is 0 Å². The normalized spacial score (nSPS) is 10.2. The van der Waals surface area contributed by atoms with E-state index in [1.807, 2.05) is 13.0 Å². The molecule has 0 saturated carbocycles. The summed E-state index contributed by atoms with van der Waals surface area (Å²) in [6, 6.07) is 3.56. The second-order valence-corrected chi connectivity index (χ2v) is 4.25. The van der Waals surface area contributed by atoms with Crippen LogP contribution in [0.3, 0.4) is 0 Å². The molecule has 0 aliphatic rings. The zero-order valence-electron chi connectivity index (χ0n) is 11.4. The fraction of sp³-hybridized carbons (Fsp3) is 0.385. The summed E-state index contributed by atoms with van der Waals surface area (Å²) < 4.78 is 0. The highest BCUT2D eigenvalue weighted by atomic mass is 16.1. The lowest BCUT2D eigenvalue weighted by atomic mass is 10.3. The van der Waals surface area contributed by atoms with Gasteiger partial charge in [-0.15, -0.1) is 0 Å². The fourth-order valence-electron chi connectivity index (χ4n) is 1.74. The Kier molecular flexibility index (Phi) is 5.05. The molecule has 0 aromatic carbocycles.